The summed E-state index contributed by atoms with van der Waals surface area (Å²) in [6, 6.07) is 0. The number of fused-ring (bicyclic) bond motifs is 2. The van der Waals surface area contributed by atoms with Crippen LogP contribution in [0.15, 0.2) is 0 Å². The lowest BCUT2D eigenvalue weighted by Gasteiger charge is -2.36. The van der Waals surface area contributed by atoms with Crippen LogP contribution in [0.5, 0.6) is 0 Å². The molecule has 0 radical (unpaired) electrons. The van der Waals surface area contributed by atoms with Gasteiger partial charge in [0, 0.05) is 13.3 Å². The van der Waals surface area contributed by atoms with Gasteiger partial charge in [-0.15, -0.1) is 0 Å². The van der Waals surface area contributed by atoms with Crippen LogP contribution < -0.4 is 4.72 Å². The van der Waals surface area contributed by atoms with Gasteiger partial charge in [-0.25, -0.2) is 13.1 Å². The first kappa shape index (κ1) is 19.1. The Bertz CT molecular complexity index is 683. The molecular formula is C14H19F4NO4S. The van der Waals surface area contributed by atoms with Gasteiger partial charge in [-0.1, -0.05) is 13.8 Å². The van der Waals surface area contributed by atoms with Crippen molar-refractivity contribution in [2.24, 2.45) is 16.7 Å². The van der Waals surface area contributed by atoms with Gasteiger partial charge >= 0.3 is 17.8 Å². The van der Waals surface area contributed by atoms with Gasteiger partial charge in [0.2, 0.25) is 10.0 Å². The second-order valence-corrected chi connectivity index (χ2v) is 9.04. The quantitative estimate of drug-likeness (QED) is 0.749. The van der Waals surface area contributed by atoms with Crippen LogP contribution in [-0.2, 0) is 19.6 Å². The molecule has 2 aliphatic carbocycles. The van der Waals surface area contributed by atoms with E-state index in [1.807, 2.05) is 0 Å². The maximum absolute atomic E-state index is 13.3. The summed E-state index contributed by atoms with van der Waals surface area (Å²) in [7, 11) is -4.69. The number of rotatable bonds is 5. The van der Waals surface area contributed by atoms with Crippen LogP contribution in [0.2, 0.25) is 0 Å². The third kappa shape index (κ3) is 2.62. The molecule has 10 heteroatoms. The zero-order valence-corrected chi connectivity index (χ0v) is 14.3. The first-order valence-electron chi connectivity index (χ1n) is 7.41. The molecule has 2 bridgehead atoms. The number of sulfonamides is 1. The monoisotopic (exact) mass is 373 g/mol. The van der Waals surface area contributed by atoms with Gasteiger partial charge in [0.05, 0.1) is 11.2 Å². The van der Waals surface area contributed by atoms with Crippen molar-refractivity contribution in [2.45, 2.75) is 51.9 Å². The van der Waals surface area contributed by atoms with Crippen molar-refractivity contribution in [3.05, 3.63) is 0 Å². The molecule has 0 aromatic heterocycles. The zero-order chi connectivity index (χ0) is 18.8. The van der Waals surface area contributed by atoms with Crippen molar-refractivity contribution in [2.75, 3.05) is 5.75 Å². The smallest absolute Gasteiger partial charge is 0.299 e. The summed E-state index contributed by atoms with van der Waals surface area (Å²) in [4.78, 5) is 23.6. The van der Waals surface area contributed by atoms with Gasteiger partial charge in [0.1, 0.15) is 5.78 Å². The Morgan fingerprint density at radius 3 is 2.21 bits per heavy atom. The minimum atomic E-state index is -5.18. The number of nitrogens with one attached hydrogen (secondary N) is 1. The molecule has 1 N–H and O–H groups in total. The average molecular weight is 373 g/mol. The summed E-state index contributed by atoms with van der Waals surface area (Å²) in [6.45, 7) is 3.27. The van der Waals surface area contributed by atoms with Gasteiger partial charge in [-0.3, -0.25) is 9.59 Å². The van der Waals surface area contributed by atoms with Gasteiger partial charge in [-0.2, -0.15) is 17.6 Å². The maximum atomic E-state index is 13.3. The highest BCUT2D eigenvalue weighted by Crippen LogP contribution is 2.64. The maximum Gasteiger partial charge on any atom is 0.386 e. The predicted octanol–water partition coefficient (Wildman–Crippen LogP) is 2.12. The third-order valence-corrected chi connectivity index (χ3v) is 7.03. The first-order chi connectivity index (χ1) is 10.6. The molecule has 2 atom stereocenters. The number of hydrogen-bond donors (Lipinski definition) is 1. The molecule has 0 aromatic carbocycles. The van der Waals surface area contributed by atoms with Crippen molar-refractivity contribution in [1.82, 2.24) is 4.72 Å². The van der Waals surface area contributed by atoms with Gasteiger partial charge in [-0.05, 0) is 24.2 Å². The fourth-order valence-electron chi connectivity index (χ4n) is 3.87. The lowest BCUT2D eigenvalue weighted by atomic mass is 9.70. The van der Waals surface area contributed by atoms with Crippen molar-refractivity contribution in [1.29, 1.82) is 0 Å². The van der Waals surface area contributed by atoms with E-state index in [4.69, 9.17) is 0 Å². The first-order valence-corrected chi connectivity index (χ1v) is 9.06. The van der Waals surface area contributed by atoms with Crippen molar-refractivity contribution < 1.29 is 35.6 Å². The summed E-state index contributed by atoms with van der Waals surface area (Å²) in [5.41, 5.74) is -1.95. The number of amides is 1. The van der Waals surface area contributed by atoms with E-state index in [0.29, 0.717) is 6.42 Å². The predicted molar refractivity (Wildman–Crippen MR) is 76.1 cm³/mol. The summed E-state index contributed by atoms with van der Waals surface area (Å²) >= 11 is 0. The highest BCUT2D eigenvalue weighted by molar-refractivity contribution is 7.90. The number of halogens is 4. The minimum absolute atomic E-state index is 0.0164. The van der Waals surface area contributed by atoms with Crippen LogP contribution in [0.3, 0.4) is 0 Å². The number of carbonyl (C=O) groups excluding carboxylic acids is 2. The Morgan fingerprint density at radius 1 is 1.29 bits per heavy atom. The molecule has 2 unspecified atom stereocenters. The topological polar surface area (TPSA) is 80.3 Å². The fraction of sp³-hybridized carbons (Fsp3) is 0.857. The standard InChI is InChI=1S/C14H19F4NO4S/c1-11(2)8-4-5-13(11,9(20)6-8)7-24(22,23)19-10(21)14(17,18)12(3,15)16/h8H,4-7H2,1-3H3,(H,19,21). The molecule has 0 aliphatic heterocycles. The average Bonchev–Trinajstić information content (AvgIpc) is 2.70. The van der Waals surface area contributed by atoms with Crippen LogP contribution in [0, 0.1) is 16.7 Å². The van der Waals surface area contributed by atoms with Crippen LogP contribution in [0.25, 0.3) is 0 Å². The van der Waals surface area contributed by atoms with Gasteiger partial charge in [0.15, 0.2) is 0 Å². The lowest BCUT2D eigenvalue weighted by Crippen LogP contribution is -2.54. The molecule has 5 nitrogen and oxygen atoms in total. The number of hydrogen-bond acceptors (Lipinski definition) is 4. The Morgan fingerprint density at radius 2 is 1.83 bits per heavy atom. The summed E-state index contributed by atoms with van der Waals surface area (Å²) in [5, 5.41) is 0. The number of ketones is 1. The van der Waals surface area contributed by atoms with Crippen LogP contribution in [-0.4, -0.2) is 37.7 Å². The van der Waals surface area contributed by atoms with E-state index in [1.165, 1.54) is 0 Å². The molecule has 2 saturated carbocycles. The molecule has 0 aromatic rings. The van der Waals surface area contributed by atoms with Crippen LogP contribution >= 0.6 is 0 Å². The lowest BCUT2D eigenvalue weighted by molar-refractivity contribution is -0.201. The third-order valence-electron chi connectivity index (χ3n) is 5.66. The van der Waals surface area contributed by atoms with Gasteiger partial charge in [0.25, 0.3) is 0 Å². The largest absolute Gasteiger partial charge is 0.386 e. The molecule has 2 rings (SSSR count). The van der Waals surface area contributed by atoms with Crippen molar-refractivity contribution in [3.63, 3.8) is 0 Å². The minimum Gasteiger partial charge on any atom is -0.299 e. The molecule has 2 aliphatic rings. The Labute approximate surface area is 137 Å². The molecule has 0 spiro atoms. The summed E-state index contributed by atoms with van der Waals surface area (Å²) in [5.74, 6) is -13.7. The van der Waals surface area contributed by atoms with E-state index in [9.17, 15) is 35.6 Å². The van der Waals surface area contributed by atoms with Crippen molar-refractivity contribution >= 4 is 21.7 Å². The van der Waals surface area contributed by atoms with E-state index in [0.717, 1.165) is 4.72 Å². The van der Waals surface area contributed by atoms with E-state index >= 15 is 0 Å². The number of alkyl halides is 4. The van der Waals surface area contributed by atoms with Gasteiger partial charge < -0.3 is 0 Å². The molecule has 0 saturated heterocycles. The Balaban J connectivity index is 2.24. The molecule has 138 valence electrons. The Hall–Kier alpha value is -1.19. The Kier molecular flexibility index (Phi) is 4.11. The normalized spacial score (nSPS) is 29.8. The highest BCUT2D eigenvalue weighted by atomic mass is 32.2. The second-order valence-electron chi connectivity index (χ2n) is 7.32. The van der Waals surface area contributed by atoms with E-state index in [1.54, 1.807) is 13.8 Å². The molecule has 1 amide bonds. The zero-order valence-electron chi connectivity index (χ0n) is 13.5. The second kappa shape index (κ2) is 5.15. The highest BCUT2D eigenvalue weighted by Gasteiger charge is 2.66. The molecule has 24 heavy (non-hydrogen) atoms. The summed E-state index contributed by atoms with van der Waals surface area (Å²) < 4.78 is 77.5. The number of carbonyl (C=O) groups is 2. The van der Waals surface area contributed by atoms with E-state index in [-0.39, 0.29) is 31.5 Å². The van der Waals surface area contributed by atoms with Crippen molar-refractivity contribution in [3.8, 4) is 0 Å². The van der Waals surface area contributed by atoms with E-state index in [2.05, 4.69) is 0 Å². The molecule has 2 fully saturated rings. The summed E-state index contributed by atoms with van der Waals surface area (Å²) in [6.07, 6.45) is 1.07. The fourth-order valence-corrected chi connectivity index (χ4v) is 5.68. The van der Waals surface area contributed by atoms with Crippen LogP contribution in [0.4, 0.5) is 17.6 Å². The molecular weight excluding hydrogens is 354 g/mol. The molecule has 0 heterocycles. The SMILES string of the molecule is CC(F)(F)C(F)(F)C(=O)NS(=O)(=O)CC12CCC(CC1=O)C2(C)C. The number of Topliss-reactive ketones (excluding diaryl/α,β-unsaturated/α-hetero) is 1. The van der Waals surface area contributed by atoms with Crippen LogP contribution in [0.1, 0.15) is 40.0 Å². The van der Waals surface area contributed by atoms with E-state index < -0.39 is 44.4 Å².